The van der Waals surface area contributed by atoms with Gasteiger partial charge in [-0.3, -0.25) is 4.79 Å². The molecule has 1 unspecified atom stereocenters. The molecule has 0 spiro atoms. The van der Waals surface area contributed by atoms with Crippen LogP contribution < -0.4 is 5.73 Å². The molecule has 0 bridgehead atoms. The van der Waals surface area contributed by atoms with Gasteiger partial charge < -0.3 is 16.0 Å². The van der Waals surface area contributed by atoms with Crippen LogP contribution in [-0.2, 0) is 11.2 Å². The zero-order valence-corrected chi connectivity index (χ0v) is 10.1. The normalized spacial score (nSPS) is 12.8. The summed E-state index contributed by atoms with van der Waals surface area (Å²) in [6.07, 6.45) is 2.20. The quantitative estimate of drug-likeness (QED) is 0.716. The molecule has 2 aromatic rings. The van der Waals surface area contributed by atoms with Crippen molar-refractivity contribution >= 4 is 16.9 Å². The molecule has 1 aromatic carbocycles. The molecule has 5 nitrogen and oxygen atoms in total. The lowest BCUT2D eigenvalue weighted by Crippen LogP contribution is -2.09. The lowest BCUT2D eigenvalue weighted by atomic mass is 9.95. The van der Waals surface area contributed by atoms with Crippen molar-refractivity contribution in [3.8, 4) is 0 Å². The van der Waals surface area contributed by atoms with Crippen LogP contribution in [-0.4, -0.2) is 27.6 Å². The second-order valence-electron chi connectivity index (χ2n) is 4.34. The van der Waals surface area contributed by atoms with E-state index in [2.05, 4.69) is 0 Å². The molecule has 1 aromatic heterocycles. The summed E-state index contributed by atoms with van der Waals surface area (Å²) >= 11 is 0. The smallest absolute Gasteiger partial charge is 0.310 e. The molecule has 5 heteroatoms. The Kier molecular flexibility index (Phi) is 3.25. The third-order valence-corrected chi connectivity index (χ3v) is 3.17. The molecule has 2 rings (SSSR count). The van der Waals surface area contributed by atoms with E-state index in [0.717, 1.165) is 15.7 Å². The lowest BCUT2D eigenvalue weighted by Gasteiger charge is -2.09. The zero-order chi connectivity index (χ0) is 13.3. The van der Waals surface area contributed by atoms with E-state index in [1.54, 1.807) is 31.3 Å². The van der Waals surface area contributed by atoms with Crippen molar-refractivity contribution in [2.24, 2.45) is 5.73 Å². The molecule has 18 heavy (non-hydrogen) atoms. The Morgan fingerprint density at radius 2 is 2.22 bits per heavy atom. The lowest BCUT2D eigenvalue weighted by molar-refractivity contribution is -0.138. The Labute approximate surface area is 104 Å². The third kappa shape index (κ3) is 1.93. The van der Waals surface area contributed by atoms with Gasteiger partial charge in [-0.15, -0.1) is 0 Å². The summed E-state index contributed by atoms with van der Waals surface area (Å²) in [5.74, 6) is -1.50. The average Bonchev–Trinajstić information content (AvgIpc) is 2.66. The van der Waals surface area contributed by atoms with Gasteiger partial charge >= 0.3 is 5.97 Å². The predicted octanol–water partition coefficient (Wildman–Crippen LogP) is 1.57. The fraction of sp³-hybridized carbons (Fsp3) is 0.308. The highest BCUT2D eigenvalue weighted by atomic mass is 16.5. The Hall–Kier alpha value is -2.01. The van der Waals surface area contributed by atoms with Gasteiger partial charge in [0.05, 0.1) is 11.4 Å². The molecule has 0 saturated carbocycles. The summed E-state index contributed by atoms with van der Waals surface area (Å²) in [6, 6.07) is 5.28. The number of benzene rings is 1. The zero-order valence-electron chi connectivity index (χ0n) is 10.1. The molecule has 0 aliphatic heterocycles. The first kappa shape index (κ1) is 12.4. The first-order valence-electron chi connectivity index (χ1n) is 5.81. The van der Waals surface area contributed by atoms with Crippen LogP contribution in [0.5, 0.6) is 0 Å². The minimum Gasteiger partial charge on any atom is -0.481 e. The number of aromatic nitrogens is 1. The predicted molar refractivity (Wildman–Crippen MR) is 67.9 cm³/mol. The summed E-state index contributed by atoms with van der Waals surface area (Å²) < 4.78 is 1.03. The van der Waals surface area contributed by atoms with E-state index in [1.807, 2.05) is 0 Å². The van der Waals surface area contributed by atoms with Gasteiger partial charge in [-0.2, -0.15) is 4.73 Å². The van der Waals surface area contributed by atoms with Gasteiger partial charge in [-0.05, 0) is 37.1 Å². The topological polar surface area (TPSA) is 88.5 Å². The SMILES string of the molecule is CC(C(=O)O)c1cccc2c1c(CCN)cn2O. The van der Waals surface area contributed by atoms with Crippen LogP contribution in [0.15, 0.2) is 24.4 Å². The Bertz CT molecular complexity index is 589. The Morgan fingerprint density at radius 3 is 2.83 bits per heavy atom. The summed E-state index contributed by atoms with van der Waals surface area (Å²) in [5.41, 5.74) is 7.73. The molecular formula is C13H16N2O3. The van der Waals surface area contributed by atoms with E-state index in [9.17, 15) is 10.0 Å². The monoisotopic (exact) mass is 248 g/mol. The molecule has 0 fully saturated rings. The highest BCUT2D eigenvalue weighted by Crippen LogP contribution is 2.30. The summed E-state index contributed by atoms with van der Waals surface area (Å²) in [4.78, 5) is 11.1. The number of carboxylic acid groups (broad SMARTS) is 1. The van der Waals surface area contributed by atoms with Crippen LogP contribution in [0.1, 0.15) is 24.0 Å². The number of carbonyl (C=O) groups is 1. The van der Waals surface area contributed by atoms with Crippen molar-refractivity contribution in [3.63, 3.8) is 0 Å². The maximum Gasteiger partial charge on any atom is 0.310 e. The number of hydrogen-bond donors (Lipinski definition) is 3. The van der Waals surface area contributed by atoms with Gasteiger partial charge in [0.1, 0.15) is 0 Å². The minimum absolute atomic E-state index is 0.453. The first-order chi connectivity index (χ1) is 8.56. The minimum atomic E-state index is -0.883. The van der Waals surface area contributed by atoms with Crippen LogP contribution >= 0.6 is 0 Å². The van der Waals surface area contributed by atoms with E-state index < -0.39 is 11.9 Å². The van der Waals surface area contributed by atoms with Crippen molar-refractivity contribution in [2.75, 3.05) is 6.54 Å². The molecule has 0 amide bonds. The molecular weight excluding hydrogens is 232 g/mol. The van der Waals surface area contributed by atoms with Crippen molar-refractivity contribution in [3.05, 3.63) is 35.5 Å². The van der Waals surface area contributed by atoms with Crippen LogP contribution in [0.25, 0.3) is 10.9 Å². The van der Waals surface area contributed by atoms with E-state index in [1.165, 1.54) is 0 Å². The molecule has 1 atom stereocenters. The van der Waals surface area contributed by atoms with Crippen LogP contribution in [0.4, 0.5) is 0 Å². The van der Waals surface area contributed by atoms with Gasteiger partial charge in [0.15, 0.2) is 0 Å². The molecule has 0 aliphatic carbocycles. The van der Waals surface area contributed by atoms with Crippen LogP contribution in [0.2, 0.25) is 0 Å². The average molecular weight is 248 g/mol. The number of hydrogen-bond acceptors (Lipinski definition) is 3. The number of rotatable bonds is 4. The van der Waals surface area contributed by atoms with Crippen molar-refractivity contribution < 1.29 is 15.1 Å². The molecule has 4 N–H and O–H groups in total. The highest BCUT2D eigenvalue weighted by molar-refractivity contribution is 5.91. The van der Waals surface area contributed by atoms with Gasteiger partial charge in [0, 0.05) is 11.6 Å². The summed E-state index contributed by atoms with van der Waals surface area (Å²) in [6.45, 7) is 2.09. The molecule has 96 valence electrons. The molecule has 0 saturated heterocycles. The van der Waals surface area contributed by atoms with Crippen molar-refractivity contribution in [1.29, 1.82) is 0 Å². The van der Waals surface area contributed by atoms with E-state index in [0.29, 0.717) is 24.0 Å². The van der Waals surface area contributed by atoms with Gasteiger partial charge in [0.25, 0.3) is 0 Å². The number of aliphatic carboxylic acids is 1. The number of nitrogens with zero attached hydrogens (tertiary/aromatic N) is 1. The number of carboxylic acids is 1. The fourth-order valence-corrected chi connectivity index (χ4v) is 2.22. The maximum atomic E-state index is 11.1. The number of fused-ring (bicyclic) bond motifs is 1. The van der Waals surface area contributed by atoms with Gasteiger partial charge in [0.2, 0.25) is 0 Å². The van der Waals surface area contributed by atoms with E-state index >= 15 is 0 Å². The van der Waals surface area contributed by atoms with E-state index in [-0.39, 0.29) is 0 Å². The second kappa shape index (κ2) is 4.70. The molecule has 1 heterocycles. The Morgan fingerprint density at radius 1 is 1.50 bits per heavy atom. The number of nitrogens with two attached hydrogens (primary N) is 1. The fourth-order valence-electron chi connectivity index (χ4n) is 2.22. The maximum absolute atomic E-state index is 11.1. The van der Waals surface area contributed by atoms with Gasteiger partial charge in [-0.25, -0.2) is 0 Å². The standard InChI is InChI=1S/C13H16N2O3/c1-8(13(16)17)10-3-2-4-11-12(10)9(5-6-14)7-15(11)18/h2-4,7-8,18H,5-6,14H2,1H3,(H,16,17). The van der Waals surface area contributed by atoms with Crippen molar-refractivity contribution in [1.82, 2.24) is 4.73 Å². The summed E-state index contributed by atoms with van der Waals surface area (Å²) in [5, 5.41) is 19.7. The Balaban J connectivity index is 2.69. The molecule has 0 aliphatic rings. The first-order valence-corrected chi connectivity index (χ1v) is 5.81. The second-order valence-corrected chi connectivity index (χ2v) is 4.34. The third-order valence-electron chi connectivity index (χ3n) is 3.17. The van der Waals surface area contributed by atoms with Gasteiger partial charge in [-0.1, -0.05) is 12.1 Å². The van der Waals surface area contributed by atoms with Crippen molar-refractivity contribution in [2.45, 2.75) is 19.3 Å². The van der Waals surface area contributed by atoms with Crippen LogP contribution in [0.3, 0.4) is 0 Å². The van der Waals surface area contributed by atoms with Crippen LogP contribution in [0, 0.1) is 0 Å². The summed E-state index contributed by atoms with van der Waals surface area (Å²) in [7, 11) is 0. The largest absolute Gasteiger partial charge is 0.481 e. The molecule has 0 radical (unpaired) electrons. The highest BCUT2D eigenvalue weighted by Gasteiger charge is 2.20. The van der Waals surface area contributed by atoms with E-state index in [4.69, 9.17) is 10.8 Å².